The summed E-state index contributed by atoms with van der Waals surface area (Å²) in [6, 6.07) is 5.95. The van der Waals surface area contributed by atoms with Crippen LogP contribution < -0.4 is 0 Å². The molecule has 0 bridgehead atoms. The lowest BCUT2D eigenvalue weighted by atomic mass is 10.1. The molecule has 1 N–H and O–H groups in total. The number of aliphatic hydroxyl groups is 1. The molecule has 0 unspecified atom stereocenters. The Kier molecular flexibility index (Phi) is 2.54. The van der Waals surface area contributed by atoms with Crippen LogP contribution in [-0.4, -0.2) is 5.11 Å². The summed E-state index contributed by atoms with van der Waals surface area (Å²) in [6.07, 6.45) is -2.50. The number of alkyl halides is 2. The summed E-state index contributed by atoms with van der Waals surface area (Å²) in [5.74, 6) is 0. The minimum Gasteiger partial charge on any atom is -0.392 e. The summed E-state index contributed by atoms with van der Waals surface area (Å²) >= 11 is 0. The minimum absolute atomic E-state index is 0.0880. The largest absolute Gasteiger partial charge is 0.392 e. The smallest absolute Gasteiger partial charge is 0.264 e. The SMILES string of the molecule is OCc1ccccc1C(F)F. The highest BCUT2D eigenvalue weighted by Crippen LogP contribution is 2.22. The van der Waals surface area contributed by atoms with E-state index in [-0.39, 0.29) is 12.2 Å². The van der Waals surface area contributed by atoms with Gasteiger partial charge in [0.15, 0.2) is 0 Å². The van der Waals surface area contributed by atoms with Crippen LogP contribution in [0.2, 0.25) is 0 Å². The Balaban J connectivity index is 3.02. The van der Waals surface area contributed by atoms with Crippen LogP contribution in [0.3, 0.4) is 0 Å². The number of hydrogen-bond donors (Lipinski definition) is 1. The molecule has 11 heavy (non-hydrogen) atoms. The van der Waals surface area contributed by atoms with Gasteiger partial charge in [-0.15, -0.1) is 0 Å². The number of benzene rings is 1. The third kappa shape index (κ3) is 1.74. The molecule has 3 heteroatoms. The summed E-state index contributed by atoms with van der Waals surface area (Å²) in [6.45, 7) is -0.333. The van der Waals surface area contributed by atoms with E-state index in [0.717, 1.165) is 0 Å². The van der Waals surface area contributed by atoms with E-state index in [4.69, 9.17) is 5.11 Å². The first-order chi connectivity index (χ1) is 5.25. The van der Waals surface area contributed by atoms with Crippen molar-refractivity contribution in [1.82, 2.24) is 0 Å². The predicted octanol–water partition coefficient (Wildman–Crippen LogP) is 2.12. The van der Waals surface area contributed by atoms with Crippen molar-refractivity contribution >= 4 is 0 Å². The van der Waals surface area contributed by atoms with Gasteiger partial charge in [-0.1, -0.05) is 24.3 Å². The summed E-state index contributed by atoms with van der Waals surface area (Å²) in [7, 11) is 0. The van der Waals surface area contributed by atoms with E-state index >= 15 is 0 Å². The molecule has 0 radical (unpaired) electrons. The molecule has 60 valence electrons. The molecule has 0 heterocycles. The topological polar surface area (TPSA) is 20.2 Å². The molecular weight excluding hydrogens is 150 g/mol. The van der Waals surface area contributed by atoms with Gasteiger partial charge in [-0.05, 0) is 5.56 Å². The van der Waals surface area contributed by atoms with Crippen molar-refractivity contribution in [2.24, 2.45) is 0 Å². The number of aliphatic hydroxyl groups excluding tert-OH is 1. The zero-order valence-corrected chi connectivity index (χ0v) is 5.80. The Labute approximate surface area is 63.3 Å². The average molecular weight is 158 g/mol. The van der Waals surface area contributed by atoms with Gasteiger partial charge in [-0.2, -0.15) is 0 Å². The molecule has 0 fully saturated rings. The van der Waals surface area contributed by atoms with E-state index in [2.05, 4.69) is 0 Å². The van der Waals surface area contributed by atoms with Gasteiger partial charge in [-0.25, -0.2) is 8.78 Å². The van der Waals surface area contributed by atoms with E-state index in [0.29, 0.717) is 5.56 Å². The second kappa shape index (κ2) is 3.44. The van der Waals surface area contributed by atoms with Gasteiger partial charge in [0.25, 0.3) is 6.43 Å². The highest BCUT2D eigenvalue weighted by Gasteiger charge is 2.10. The summed E-state index contributed by atoms with van der Waals surface area (Å²) in [5.41, 5.74) is 0.206. The van der Waals surface area contributed by atoms with Crippen LogP contribution in [-0.2, 0) is 6.61 Å². The second-order valence-corrected chi connectivity index (χ2v) is 2.16. The highest BCUT2D eigenvalue weighted by molar-refractivity contribution is 5.27. The monoisotopic (exact) mass is 158 g/mol. The van der Waals surface area contributed by atoms with Crippen LogP contribution in [0.4, 0.5) is 8.78 Å². The van der Waals surface area contributed by atoms with Crippen molar-refractivity contribution in [2.45, 2.75) is 13.0 Å². The van der Waals surface area contributed by atoms with Crippen molar-refractivity contribution < 1.29 is 13.9 Å². The maximum absolute atomic E-state index is 12.1. The molecule has 1 aromatic rings. The van der Waals surface area contributed by atoms with Crippen molar-refractivity contribution in [3.05, 3.63) is 35.4 Å². The summed E-state index contributed by atoms with van der Waals surface area (Å²) in [4.78, 5) is 0. The van der Waals surface area contributed by atoms with Gasteiger partial charge in [0, 0.05) is 5.56 Å². The molecule has 0 saturated heterocycles. The molecule has 0 atom stereocenters. The van der Waals surface area contributed by atoms with Crippen LogP contribution in [0.15, 0.2) is 24.3 Å². The molecule has 0 aromatic heterocycles. The third-order valence-electron chi connectivity index (χ3n) is 1.46. The molecule has 0 aliphatic rings. The van der Waals surface area contributed by atoms with E-state index in [9.17, 15) is 8.78 Å². The molecule has 0 aliphatic carbocycles. The van der Waals surface area contributed by atoms with E-state index < -0.39 is 6.43 Å². The lowest BCUT2D eigenvalue weighted by molar-refractivity contribution is 0.147. The molecule has 0 saturated carbocycles. The van der Waals surface area contributed by atoms with Crippen LogP contribution in [0.1, 0.15) is 17.6 Å². The average Bonchev–Trinajstić information content (AvgIpc) is 2.04. The zero-order valence-electron chi connectivity index (χ0n) is 5.80. The Morgan fingerprint density at radius 1 is 1.27 bits per heavy atom. The van der Waals surface area contributed by atoms with Gasteiger partial charge in [0.05, 0.1) is 6.61 Å². The van der Waals surface area contributed by atoms with Crippen LogP contribution in [0.25, 0.3) is 0 Å². The van der Waals surface area contributed by atoms with E-state index in [1.54, 1.807) is 6.07 Å². The van der Waals surface area contributed by atoms with E-state index in [1.165, 1.54) is 18.2 Å². The molecule has 0 amide bonds. The number of rotatable bonds is 2. The quantitative estimate of drug-likeness (QED) is 0.698. The standard InChI is InChI=1S/C8H8F2O/c9-8(10)7-4-2-1-3-6(7)5-11/h1-4,8,11H,5H2. The van der Waals surface area contributed by atoms with Gasteiger partial charge in [0.2, 0.25) is 0 Å². The summed E-state index contributed by atoms with van der Waals surface area (Å²) < 4.78 is 24.2. The normalized spacial score (nSPS) is 10.5. The fourth-order valence-corrected chi connectivity index (χ4v) is 0.891. The fraction of sp³-hybridized carbons (Fsp3) is 0.250. The summed E-state index contributed by atoms with van der Waals surface area (Å²) in [5, 5.41) is 8.63. The van der Waals surface area contributed by atoms with Crippen molar-refractivity contribution in [2.75, 3.05) is 0 Å². The molecular formula is C8H8F2O. The lowest BCUT2D eigenvalue weighted by Gasteiger charge is -2.03. The van der Waals surface area contributed by atoms with Gasteiger partial charge >= 0.3 is 0 Å². The van der Waals surface area contributed by atoms with Crippen LogP contribution in [0.5, 0.6) is 0 Å². The van der Waals surface area contributed by atoms with E-state index in [1.807, 2.05) is 0 Å². The van der Waals surface area contributed by atoms with Gasteiger partial charge in [0.1, 0.15) is 0 Å². The first-order valence-corrected chi connectivity index (χ1v) is 3.22. The maximum Gasteiger partial charge on any atom is 0.264 e. The highest BCUT2D eigenvalue weighted by atomic mass is 19.3. The Morgan fingerprint density at radius 3 is 2.36 bits per heavy atom. The van der Waals surface area contributed by atoms with Gasteiger partial charge < -0.3 is 5.11 Å². The van der Waals surface area contributed by atoms with Crippen molar-refractivity contribution in [1.29, 1.82) is 0 Å². The Hall–Kier alpha value is -0.960. The molecule has 0 aliphatic heterocycles. The third-order valence-corrected chi connectivity index (χ3v) is 1.46. The first-order valence-electron chi connectivity index (χ1n) is 3.22. The molecule has 1 aromatic carbocycles. The molecule has 1 rings (SSSR count). The fourth-order valence-electron chi connectivity index (χ4n) is 0.891. The predicted molar refractivity (Wildman–Crippen MR) is 37.3 cm³/mol. The maximum atomic E-state index is 12.1. The molecule has 1 nitrogen and oxygen atoms in total. The lowest BCUT2D eigenvalue weighted by Crippen LogP contribution is -1.92. The zero-order chi connectivity index (χ0) is 8.27. The van der Waals surface area contributed by atoms with Crippen molar-refractivity contribution in [3.8, 4) is 0 Å². The van der Waals surface area contributed by atoms with Crippen LogP contribution in [0, 0.1) is 0 Å². The Bertz CT molecular complexity index is 235. The first kappa shape index (κ1) is 8.14. The minimum atomic E-state index is -2.50. The Morgan fingerprint density at radius 2 is 1.91 bits per heavy atom. The molecule has 0 spiro atoms. The van der Waals surface area contributed by atoms with Gasteiger partial charge in [-0.3, -0.25) is 0 Å². The number of halogens is 2. The van der Waals surface area contributed by atoms with Crippen LogP contribution >= 0.6 is 0 Å². The second-order valence-electron chi connectivity index (χ2n) is 2.16. The number of hydrogen-bond acceptors (Lipinski definition) is 1. The van der Waals surface area contributed by atoms with Crippen molar-refractivity contribution in [3.63, 3.8) is 0 Å².